The second-order valence-corrected chi connectivity index (χ2v) is 8.55. The van der Waals surface area contributed by atoms with Gasteiger partial charge in [0.1, 0.15) is 12.4 Å². The van der Waals surface area contributed by atoms with Gasteiger partial charge in [-0.15, -0.1) is 6.58 Å². The van der Waals surface area contributed by atoms with E-state index in [4.69, 9.17) is 10.1 Å². The van der Waals surface area contributed by atoms with E-state index in [2.05, 4.69) is 77.5 Å². The van der Waals surface area contributed by atoms with Crippen LogP contribution in [0.15, 0.2) is 79.5 Å². The van der Waals surface area contributed by atoms with Crippen LogP contribution in [0.5, 0.6) is 0 Å². The summed E-state index contributed by atoms with van der Waals surface area (Å²) in [5, 5.41) is 4.81. The molecule has 0 saturated carbocycles. The molecule has 4 aromatic rings. The van der Waals surface area contributed by atoms with Crippen molar-refractivity contribution < 1.29 is 4.90 Å². The second kappa shape index (κ2) is 8.97. The molecule has 5 nitrogen and oxygen atoms in total. The van der Waals surface area contributed by atoms with Gasteiger partial charge in [0.15, 0.2) is 5.65 Å². The molecule has 1 saturated heterocycles. The third kappa shape index (κ3) is 3.92. The number of quaternary nitrogens is 1. The van der Waals surface area contributed by atoms with Crippen LogP contribution in [0.4, 0.5) is 5.82 Å². The standard InChI is InChI=1S/C27H29N5/c1-3-10-24-21(2)29-26-25(23-13-8-5-9-14-23)19-28-32(26)27(24)31-17-15-30(16-18-31)20-22-11-6-4-7-12-22/h3-9,11-14,19H,1,10,15-18,20H2,2H3/p+1. The van der Waals surface area contributed by atoms with Gasteiger partial charge in [-0.05, 0) is 18.9 Å². The molecule has 2 aromatic heterocycles. The lowest BCUT2D eigenvalue weighted by molar-refractivity contribution is -0.914. The smallest absolute Gasteiger partial charge is 0.165 e. The van der Waals surface area contributed by atoms with E-state index in [0.717, 1.165) is 61.6 Å². The molecule has 5 rings (SSSR count). The zero-order valence-electron chi connectivity index (χ0n) is 18.7. The molecule has 2 aromatic carbocycles. The lowest BCUT2D eigenvalue weighted by atomic mass is 10.1. The van der Waals surface area contributed by atoms with Crippen LogP contribution in [0.3, 0.4) is 0 Å². The van der Waals surface area contributed by atoms with Crippen molar-refractivity contribution >= 4 is 11.5 Å². The first-order valence-corrected chi connectivity index (χ1v) is 11.4. The predicted molar refractivity (Wildman–Crippen MR) is 130 cm³/mol. The van der Waals surface area contributed by atoms with Gasteiger partial charge in [-0.2, -0.15) is 9.61 Å². The van der Waals surface area contributed by atoms with Gasteiger partial charge in [0, 0.05) is 22.4 Å². The van der Waals surface area contributed by atoms with Gasteiger partial charge in [0.25, 0.3) is 0 Å². The molecule has 32 heavy (non-hydrogen) atoms. The highest BCUT2D eigenvalue weighted by atomic mass is 15.4. The average molecular weight is 425 g/mol. The summed E-state index contributed by atoms with van der Waals surface area (Å²) < 4.78 is 2.05. The Bertz CT molecular complexity index is 1210. The first kappa shape index (κ1) is 20.5. The fourth-order valence-electron chi connectivity index (χ4n) is 4.75. The summed E-state index contributed by atoms with van der Waals surface area (Å²) in [5.41, 5.74) is 6.84. The summed E-state index contributed by atoms with van der Waals surface area (Å²) >= 11 is 0. The van der Waals surface area contributed by atoms with E-state index in [1.807, 2.05) is 18.3 Å². The van der Waals surface area contributed by atoms with Crippen LogP contribution in [0, 0.1) is 6.92 Å². The minimum absolute atomic E-state index is 0.793. The quantitative estimate of drug-likeness (QED) is 0.483. The summed E-state index contributed by atoms with van der Waals surface area (Å²) in [5.74, 6) is 1.17. The van der Waals surface area contributed by atoms with Crippen LogP contribution < -0.4 is 9.80 Å². The molecule has 0 amide bonds. The Balaban J connectivity index is 1.48. The van der Waals surface area contributed by atoms with Gasteiger partial charge in [-0.1, -0.05) is 66.7 Å². The molecular formula is C27H30N5+. The number of hydrogen-bond donors (Lipinski definition) is 1. The molecular weight excluding hydrogens is 394 g/mol. The van der Waals surface area contributed by atoms with Gasteiger partial charge < -0.3 is 9.80 Å². The van der Waals surface area contributed by atoms with E-state index >= 15 is 0 Å². The number of allylic oxidation sites excluding steroid dienone is 1. The third-order valence-electron chi connectivity index (χ3n) is 6.43. The molecule has 0 atom stereocenters. The molecule has 1 aliphatic heterocycles. The SMILES string of the molecule is C=CCc1c(C)nc2c(-c3ccccc3)cnn2c1N1CC[NH+](Cc2ccccc2)CC1. The second-order valence-electron chi connectivity index (χ2n) is 8.55. The van der Waals surface area contributed by atoms with E-state index < -0.39 is 0 Å². The summed E-state index contributed by atoms with van der Waals surface area (Å²) in [6.45, 7) is 11.4. The molecule has 0 unspecified atom stereocenters. The third-order valence-corrected chi connectivity index (χ3v) is 6.43. The molecule has 0 spiro atoms. The number of anilines is 1. The largest absolute Gasteiger partial charge is 0.345 e. The van der Waals surface area contributed by atoms with Gasteiger partial charge in [-0.3, -0.25) is 0 Å². The summed E-state index contributed by atoms with van der Waals surface area (Å²) in [6, 6.07) is 21.2. The Hall–Kier alpha value is -3.44. The molecule has 0 bridgehead atoms. The van der Waals surface area contributed by atoms with Gasteiger partial charge in [0.05, 0.1) is 32.4 Å². The van der Waals surface area contributed by atoms with E-state index in [0.29, 0.717) is 0 Å². The highest BCUT2D eigenvalue weighted by Crippen LogP contribution is 2.30. The first-order valence-electron chi connectivity index (χ1n) is 11.4. The Kier molecular flexibility index (Phi) is 5.73. The normalized spacial score (nSPS) is 14.7. The summed E-state index contributed by atoms with van der Waals surface area (Å²) in [7, 11) is 0. The van der Waals surface area contributed by atoms with Crippen LogP contribution >= 0.6 is 0 Å². The van der Waals surface area contributed by atoms with Gasteiger partial charge in [0.2, 0.25) is 0 Å². The van der Waals surface area contributed by atoms with Gasteiger partial charge >= 0.3 is 0 Å². The zero-order valence-corrected chi connectivity index (χ0v) is 18.7. The minimum atomic E-state index is 0.793. The molecule has 0 radical (unpaired) electrons. The number of rotatable bonds is 6. The van der Waals surface area contributed by atoms with Crippen molar-refractivity contribution in [1.82, 2.24) is 14.6 Å². The number of aryl methyl sites for hydroxylation is 1. The lowest BCUT2D eigenvalue weighted by Crippen LogP contribution is -3.13. The number of nitrogens with zero attached hydrogens (tertiary/aromatic N) is 4. The van der Waals surface area contributed by atoms with E-state index in [9.17, 15) is 0 Å². The molecule has 162 valence electrons. The molecule has 1 fully saturated rings. The maximum atomic E-state index is 4.98. The summed E-state index contributed by atoms with van der Waals surface area (Å²) in [4.78, 5) is 9.10. The molecule has 1 aliphatic rings. The monoisotopic (exact) mass is 424 g/mol. The van der Waals surface area contributed by atoms with Gasteiger partial charge in [-0.25, -0.2) is 4.98 Å². The first-order chi connectivity index (χ1) is 15.7. The minimum Gasteiger partial charge on any atom is -0.345 e. The zero-order chi connectivity index (χ0) is 21.9. The molecule has 5 heteroatoms. The maximum absolute atomic E-state index is 4.98. The Labute approximate surface area is 189 Å². The number of hydrogen-bond acceptors (Lipinski definition) is 3. The fraction of sp³-hybridized carbons (Fsp3) is 0.259. The van der Waals surface area contributed by atoms with Crippen LogP contribution in [0.1, 0.15) is 16.8 Å². The Morgan fingerprint density at radius 1 is 1.00 bits per heavy atom. The van der Waals surface area contributed by atoms with Crippen molar-refractivity contribution in [2.24, 2.45) is 0 Å². The van der Waals surface area contributed by atoms with Crippen molar-refractivity contribution in [1.29, 1.82) is 0 Å². The van der Waals surface area contributed by atoms with Crippen molar-refractivity contribution in [3.05, 3.63) is 96.3 Å². The van der Waals surface area contributed by atoms with Crippen molar-refractivity contribution in [2.45, 2.75) is 19.9 Å². The van der Waals surface area contributed by atoms with Crippen molar-refractivity contribution in [3.63, 3.8) is 0 Å². The number of aromatic nitrogens is 3. The highest BCUT2D eigenvalue weighted by Gasteiger charge is 2.26. The molecule has 1 N–H and O–H groups in total. The number of benzene rings is 2. The van der Waals surface area contributed by atoms with Crippen molar-refractivity contribution in [3.8, 4) is 11.1 Å². The number of nitrogens with one attached hydrogen (secondary N) is 1. The van der Waals surface area contributed by atoms with Crippen molar-refractivity contribution in [2.75, 3.05) is 31.1 Å². The van der Waals surface area contributed by atoms with Crippen LogP contribution in [-0.2, 0) is 13.0 Å². The van der Waals surface area contributed by atoms with E-state index in [-0.39, 0.29) is 0 Å². The molecule has 3 heterocycles. The van der Waals surface area contributed by atoms with Crippen LogP contribution in [-0.4, -0.2) is 40.8 Å². The topological polar surface area (TPSA) is 37.9 Å². The predicted octanol–water partition coefficient (Wildman–Crippen LogP) is 3.34. The number of piperazine rings is 1. The fourth-order valence-corrected chi connectivity index (χ4v) is 4.75. The van der Waals surface area contributed by atoms with E-state index in [1.54, 1.807) is 4.90 Å². The van der Waals surface area contributed by atoms with E-state index in [1.165, 1.54) is 16.9 Å². The lowest BCUT2D eigenvalue weighted by Gasteiger charge is -2.35. The van der Waals surface area contributed by atoms with Crippen LogP contribution in [0.25, 0.3) is 16.8 Å². The Morgan fingerprint density at radius 2 is 1.69 bits per heavy atom. The maximum Gasteiger partial charge on any atom is 0.165 e. The molecule has 0 aliphatic carbocycles. The Morgan fingerprint density at radius 3 is 2.38 bits per heavy atom. The highest BCUT2D eigenvalue weighted by molar-refractivity contribution is 5.79. The van der Waals surface area contributed by atoms with Crippen LogP contribution in [0.2, 0.25) is 0 Å². The average Bonchev–Trinajstić information content (AvgIpc) is 3.25. The number of fused-ring (bicyclic) bond motifs is 1. The summed E-state index contributed by atoms with van der Waals surface area (Å²) in [6.07, 6.45) is 4.72.